The second-order valence-corrected chi connectivity index (χ2v) is 4.73. The summed E-state index contributed by atoms with van der Waals surface area (Å²) in [6, 6.07) is 7.34. The van der Waals surface area contributed by atoms with E-state index in [-0.39, 0.29) is 6.10 Å². The van der Waals surface area contributed by atoms with Crippen molar-refractivity contribution in [3.63, 3.8) is 0 Å². The van der Waals surface area contributed by atoms with Gasteiger partial charge in [-0.25, -0.2) is 9.78 Å². The van der Waals surface area contributed by atoms with Gasteiger partial charge in [-0.15, -0.1) is 0 Å². The van der Waals surface area contributed by atoms with Gasteiger partial charge in [-0.3, -0.25) is 0 Å². The van der Waals surface area contributed by atoms with Crippen LogP contribution < -0.4 is 0 Å². The summed E-state index contributed by atoms with van der Waals surface area (Å²) in [5, 5.41) is 8.85. The normalized spacial score (nSPS) is 11.8. The first-order valence-corrected chi connectivity index (χ1v) is 6.25. The fourth-order valence-electron chi connectivity index (χ4n) is 1.83. The van der Waals surface area contributed by atoms with Crippen molar-refractivity contribution in [1.29, 1.82) is 5.26 Å². The molecule has 0 amide bonds. The average Bonchev–Trinajstić information content (AvgIpc) is 2.78. The minimum atomic E-state index is -0.402. The number of carbonyl (C=O) groups is 1. The number of H-pyrrole nitrogens is 1. The number of hydrogen-bond donors (Lipinski definition) is 1. The third-order valence-corrected chi connectivity index (χ3v) is 2.80. The number of fused-ring (bicyclic) bond motifs is 1. The monoisotopic (exact) mass is 269 g/mol. The largest absolute Gasteiger partial charge is 0.459 e. The van der Waals surface area contributed by atoms with Crippen molar-refractivity contribution in [3.05, 3.63) is 41.7 Å². The highest BCUT2D eigenvalue weighted by Crippen LogP contribution is 2.15. The van der Waals surface area contributed by atoms with E-state index in [1.165, 1.54) is 0 Å². The van der Waals surface area contributed by atoms with Gasteiger partial charge in [0.05, 0.1) is 22.7 Å². The summed E-state index contributed by atoms with van der Waals surface area (Å²) in [4.78, 5) is 18.9. The van der Waals surface area contributed by atoms with Crippen LogP contribution in [0.4, 0.5) is 0 Å². The molecule has 0 radical (unpaired) electrons. The molecule has 0 aliphatic rings. The lowest BCUT2D eigenvalue weighted by Gasteiger charge is -2.11. The van der Waals surface area contributed by atoms with E-state index in [0.29, 0.717) is 17.6 Å². The van der Waals surface area contributed by atoms with Crippen molar-refractivity contribution in [2.75, 3.05) is 0 Å². The van der Waals surface area contributed by atoms with Crippen molar-refractivity contribution >= 4 is 17.0 Å². The maximum absolute atomic E-state index is 11.4. The Kier molecular flexibility index (Phi) is 3.85. The number of benzene rings is 1. The maximum Gasteiger partial charge on any atom is 0.333 e. The smallest absolute Gasteiger partial charge is 0.333 e. The quantitative estimate of drug-likeness (QED) is 0.683. The number of imidazole rings is 1. The van der Waals surface area contributed by atoms with Gasteiger partial charge in [-0.1, -0.05) is 6.58 Å². The van der Waals surface area contributed by atoms with Crippen LogP contribution in [0.25, 0.3) is 11.0 Å². The number of aromatic nitrogens is 2. The second-order valence-electron chi connectivity index (χ2n) is 4.73. The summed E-state index contributed by atoms with van der Waals surface area (Å²) in [5.74, 6) is 0.317. The fourth-order valence-corrected chi connectivity index (χ4v) is 1.83. The van der Waals surface area contributed by atoms with Gasteiger partial charge in [-0.2, -0.15) is 5.26 Å². The Labute approximate surface area is 116 Å². The Hall–Kier alpha value is -2.61. The number of esters is 1. The van der Waals surface area contributed by atoms with Gasteiger partial charge in [0.1, 0.15) is 11.9 Å². The first-order valence-electron chi connectivity index (χ1n) is 6.25. The topological polar surface area (TPSA) is 78.8 Å². The minimum absolute atomic E-state index is 0.296. The van der Waals surface area contributed by atoms with Crippen molar-refractivity contribution in [1.82, 2.24) is 9.97 Å². The maximum atomic E-state index is 11.4. The summed E-state index contributed by atoms with van der Waals surface area (Å²) in [5.41, 5.74) is 2.55. The molecule has 0 bridgehead atoms. The second kappa shape index (κ2) is 5.57. The van der Waals surface area contributed by atoms with Gasteiger partial charge < -0.3 is 9.72 Å². The lowest BCUT2D eigenvalue weighted by Crippen LogP contribution is -2.18. The summed E-state index contributed by atoms with van der Waals surface area (Å²) in [6.45, 7) is 6.95. The zero-order valence-corrected chi connectivity index (χ0v) is 11.4. The molecule has 1 N–H and O–H groups in total. The van der Waals surface area contributed by atoms with E-state index in [1.54, 1.807) is 32.0 Å². The van der Waals surface area contributed by atoms with Gasteiger partial charge in [0, 0.05) is 12.0 Å². The highest BCUT2D eigenvalue weighted by atomic mass is 16.5. The molecule has 5 nitrogen and oxygen atoms in total. The van der Waals surface area contributed by atoms with Crippen molar-refractivity contribution in [3.8, 4) is 6.07 Å². The van der Waals surface area contributed by atoms with E-state index in [2.05, 4.69) is 22.6 Å². The standard InChI is InChI=1S/C15H15N3O2/c1-9(2)15(19)20-10(3)6-14-17-12-5-4-11(8-16)7-13(12)18-14/h4-5,7,10H,1,6H2,2-3H3,(H,17,18). The summed E-state index contributed by atoms with van der Waals surface area (Å²) >= 11 is 0. The van der Waals surface area contributed by atoms with Gasteiger partial charge in [0.25, 0.3) is 0 Å². The van der Waals surface area contributed by atoms with Crippen LogP contribution in [0.3, 0.4) is 0 Å². The molecule has 1 unspecified atom stereocenters. The van der Waals surface area contributed by atoms with Crippen LogP contribution in [0, 0.1) is 11.3 Å². The molecule has 102 valence electrons. The van der Waals surface area contributed by atoms with E-state index in [9.17, 15) is 4.79 Å². The van der Waals surface area contributed by atoms with Crippen LogP contribution in [0.1, 0.15) is 25.2 Å². The molecular formula is C15H15N3O2. The van der Waals surface area contributed by atoms with Crippen LogP contribution in [-0.4, -0.2) is 22.0 Å². The Balaban J connectivity index is 2.12. The highest BCUT2D eigenvalue weighted by Gasteiger charge is 2.13. The Morgan fingerprint density at radius 2 is 2.35 bits per heavy atom. The number of hydrogen-bond acceptors (Lipinski definition) is 4. The van der Waals surface area contributed by atoms with E-state index >= 15 is 0 Å². The summed E-state index contributed by atoms with van der Waals surface area (Å²) in [7, 11) is 0. The fraction of sp³-hybridized carbons (Fsp3) is 0.267. The molecule has 0 spiro atoms. The van der Waals surface area contributed by atoms with Gasteiger partial charge >= 0.3 is 5.97 Å². The molecule has 0 aliphatic carbocycles. The lowest BCUT2D eigenvalue weighted by molar-refractivity contribution is -0.143. The SMILES string of the molecule is C=C(C)C(=O)OC(C)Cc1nc2ccc(C#N)cc2[nH]1. The Morgan fingerprint density at radius 1 is 1.60 bits per heavy atom. The first-order chi connectivity index (χ1) is 9.49. The first kappa shape index (κ1) is 13.8. The number of aromatic amines is 1. The van der Waals surface area contributed by atoms with E-state index in [1.807, 2.05) is 0 Å². The molecule has 0 fully saturated rings. The van der Waals surface area contributed by atoms with E-state index in [4.69, 9.17) is 10.00 Å². The van der Waals surface area contributed by atoms with Gasteiger partial charge in [-0.05, 0) is 32.0 Å². The zero-order valence-electron chi connectivity index (χ0n) is 11.4. The van der Waals surface area contributed by atoms with Crippen LogP contribution in [0.15, 0.2) is 30.4 Å². The molecule has 1 atom stereocenters. The van der Waals surface area contributed by atoms with Crippen LogP contribution in [0.5, 0.6) is 0 Å². The summed E-state index contributed by atoms with van der Waals surface area (Å²) < 4.78 is 5.21. The highest BCUT2D eigenvalue weighted by molar-refractivity contribution is 5.87. The van der Waals surface area contributed by atoms with Gasteiger partial charge in [0.2, 0.25) is 0 Å². The van der Waals surface area contributed by atoms with E-state index in [0.717, 1.165) is 16.9 Å². The van der Waals surface area contributed by atoms with Gasteiger partial charge in [0.15, 0.2) is 0 Å². The average molecular weight is 269 g/mol. The Bertz CT molecular complexity index is 709. The molecule has 1 heterocycles. The third-order valence-electron chi connectivity index (χ3n) is 2.80. The van der Waals surface area contributed by atoms with Crippen molar-refractivity contribution < 1.29 is 9.53 Å². The predicted molar refractivity (Wildman–Crippen MR) is 74.9 cm³/mol. The van der Waals surface area contributed by atoms with Crippen LogP contribution in [-0.2, 0) is 16.0 Å². The molecular weight excluding hydrogens is 254 g/mol. The molecule has 5 heteroatoms. The van der Waals surface area contributed by atoms with Crippen LogP contribution >= 0.6 is 0 Å². The number of ether oxygens (including phenoxy) is 1. The lowest BCUT2D eigenvalue weighted by atomic mass is 10.2. The molecule has 0 aliphatic heterocycles. The van der Waals surface area contributed by atoms with E-state index < -0.39 is 5.97 Å². The zero-order chi connectivity index (χ0) is 14.7. The molecule has 2 aromatic rings. The molecule has 2 rings (SSSR count). The Morgan fingerprint density at radius 3 is 3.00 bits per heavy atom. The third kappa shape index (κ3) is 3.04. The minimum Gasteiger partial charge on any atom is -0.459 e. The molecule has 0 saturated carbocycles. The number of nitrogens with zero attached hydrogens (tertiary/aromatic N) is 2. The number of carbonyl (C=O) groups excluding carboxylic acids is 1. The predicted octanol–water partition coefficient (Wildman–Crippen LogP) is 2.48. The van der Waals surface area contributed by atoms with Crippen molar-refractivity contribution in [2.45, 2.75) is 26.4 Å². The van der Waals surface area contributed by atoms with Crippen LogP contribution in [0.2, 0.25) is 0 Å². The molecule has 20 heavy (non-hydrogen) atoms. The molecule has 1 aromatic carbocycles. The number of nitrogens with one attached hydrogen (secondary N) is 1. The molecule has 1 aromatic heterocycles. The number of rotatable bonds is 4. The number of nitriles is 1. The molecule has 0 saturated heterocycles. The van der Waals surface area contributed by atoms with Crippen molar-refractivity contribution in [2.24, 2.45) is 0 Å². The summed E-state index contributed by atoms with van der Waals surface area (Å²) in [6.07, 6.45) is 0.186.